The van der Waals surface area contributed by atoms with E-state index in [0.29, 0.717) is 23.0 Å². The van der Waals surface area contributed by atoms with Crippen molar-refractivity contribution in [1.29, 1.82) is 0 Å². The van der Waals surface area contributed by atoms with Crippen molar-refractivity contribution in [3.63, 3.8) is 0 Å². The van der Waals surface area contributed by atoms with Gasteiger partial charge in [0.2, 0.25) is 0 Å². The van der Waals surface area contributed by atoms with Gasteiger partial charge < -0.3 is 29.2 Å². The second kappa shape index (κ2) is 36.3. The predicted molar refractivity (Wildman–Crippen MR) is 220 cm³/mol. The number of hydrogen-bond acceptors (Lipinski definition) is 6. The molecule has 56 heavy (non-hydrogen) atoms. The van der Waals surface area contributed by atoms with Gasteiger partial charge in [0.25, 0.3) is 0 Å². The largest absolute Gasteiger partial charge is 2.00 e. The molecule has 0 bridgehead atoms. The molecule has 0 heterocycles. The van der Waals surface area contributed by atoms with E-state index >= 15 is 0 Å². The summed E-state index contributed by atoms with van der Waals surface area (Å²) in [6, 6.07) is 9.82. The fourth-order valence-corrected chi connectivity index (χ4v) is 5.20. The van der Waals surface area contributed by atoms with Crippen LogP contribution in [0.25, 0.3) is 0 Å². The van der Waals surface area contributed by atoms with E-state index in [-0.39, 0.29) is 63.9 Å². The molecule has 6 nitrogen and oxygen atoms in total. The van der Waals surface area contributed by atoms with Crippen LogP contribution in [-0.4, -0.2) is 28.4 Å². The monoisotopic (exact) mass is 914 g/mol. The maximum atomic E-state index is 11.2. The third-order valence-electron chi connectivity index (χ3n) is 7.91. The van der Waals surface area contributed by atoms with Gasteiger partial charge in [0.1, 0.15) is 23.0 Å². The van der Waals surface area contributed by atoms with Crippen LogP contribution in [0.5, 0.6) is 34.5 Å². The quantitative estimate of drug-likeness (QED) is 0.197. The summed E-state index contributed by atoms with van der Waals surface area (Å²) < 4.78 is 19.2. The second-order valence-electron chi connectivity index (χ2n) is 12.2. The van der Waals surface area contributed by atoms with Crippen LogP contribution in [0.4, 0.5) is 0 Å². The predicted octanol–water partition coefficient (Wildman–Crippen LogP) is 11.5. The molecule has 0 amide bonds. The van der Waals surface area contributed by atoms with Crippen LogP contribution in [0.1, 0.15) is 105 Å². The summed E-state index contributed by atoms with van der Waals surface area (Å²) in [6.07, 6.45) is 44.3. The van der Waals surface area contributed by atoms with Gasteiger partial charge in [-0.2, -0.15) is 24.3 Å². The molecule has 0 aliphatic heterocycles. The molecule has 4 aliphatic rings. The molecule has 4 aliphatic carbocycles. The topological polar surface area (TPSA) is 83.0 Å². The average Bonchev–Trinajstić information content (AvgIpc) is 4.05. The Kier molecular flexibility index (Phi) is 35.6. The first kappa shape index (κ1) is 55.0. The fraction of sp³-hybridized carbons (Fsp3) is 0.417. The summed E-state index contributed by atoms with van der Waals surface area (Å²) in [6.45, 7) is 8.78. The molecule has 2 aromatic carbocycles. The Hall–Kier alpha value is -3.07. The summed E-state index contributed by atoms with van der Waals surface area (Å²) in [5.74, 6) is 0.817. The molecule has 0 saturated carbocycles. The van der Waals surface area contributed by atoms with E-state index in [1.54, 1.807) is 36.4 Å². The number of hydrogen-bond donors (Lipinski definition) is 0. The van der Waals surface area contributed by atoms with E-state index in [2.05, 4.69) is 101 Å². The van der Waals surface area contributed by atoms with E-state index in [9.17, 15) is 10.2 Å². The van der Waals surface area contributed by atoms with Crippen molar-refractivity contribution in [1.82, 2.24) is 0 Å². The van der Waals surface area contributed by atoms with E-state index in [0.717, 1.165) is 25.7 Å². The second-order valence-corrected chi connectivity index (χ2v) is 12.2. The Morgan fingerprint density at radius 1 is 0.429 bits per heavy atom. The van der Waals surface area contributed by atoms with Gasteiger partial charge in [-0.1, -0.05) is 91.2 Å². The number of rotatable bonds is 12. The number of methoxy groups -OCH3 is 4. The molecule has 0 unspecified atom stereocenters. The van der Waals surface area contributed by atoms with Crippen LogP contribution >= 0.6 is 0 Å². The van der Waals surface area contributed by atoms with Crippen molar-refractivity contribution in [3.05, 3.63) is 132 Å². The smallest absolute Gasteiger partial charge is 0.867 e. The number of benzene rings is 2. The van der Waals surface area contributed by atoms with E-state index in [1.165, 1.54) is 102 Å². The number of allylic oxidation sites excluding steroid dienone is 16. The van der Waals surface area contributed by atoms with Gasteiger partial charge in [0, 0.05) is 0 Å². The van der Waals surface area contributed by atoms with Crippen molar-refractivity contribution >= 4 is 0 Å². The van der Waals surface area contributed by atoms with E-state index < -0.39 is 0 Å². The summed E-state index contributed by atoms with van der Waals surface area (Å²) in [4.78, 5) is 0. The molecule has 0 spiro atoms. The summed E-state index contributed by atoms with van der Waals surface area (Å²) >= 11 is 0. The molecule has 0 atom stereocenters. The van der Waals surface area contributed by atoms with Crippen LogP contribution in [0.15, 0.2) is 107 Å². The molecule has 0 N–H and O–H groups in total. The summed E-state index contributed by atoms with van der Waals surface area (Å²) in [5.41, 5.74) is 5.58. The zero-order chi connectivity index (χ0) is 39.8. The molecular formula is C48H62O6Zr2-2. The van der Waals surface area contributed by atoms with Crippen molar-refractivity contribution in [2.75, 3.05) is 28.4 Å². The first-order chi connectivity index (χ1) is 26.3. The summed E-state index contributed by atoms with van der Waals surface area (Å²) in [5, 5.41) is 22.4. The van der Waals surface area contributed by atoms with Gasteiger partial charge in [0.05, 0.1) is 28.4 Å². The van der Waals surface area contributed by atoms with Crippen molar-refractivity contribution in [2.24, 2.45) is 0 Å². The minimum Gasteiger partial charge on any atom is -0.867 e. The Balaban J connectivity index is 0. The normalized spacial score (nSPS) is 13.3. The van der Waals surface area contributed by atoms with Gasteiger partial charge in [-0.25, -0.2) is 46.6 Å². The zero-order valence-electron chi connectivity index (χ0n) is 35.0. The summed E-state index contributed by atoms with van der Waals surface area (Å²) in [7, 11) is 5.82. The van der Waals surface area contributed by atoms with Gasteiger partial charge in [0.15, 0.2) is 0 Å². The molecule has 6 rings (SSSR count). The van der Waals surface area contributed by atoms with Crippen LogP contribution < -0.4 is 29.2 Å². The standard InChI is InChI=1S/2C8H10O3.4C8H11.2Zr/c2*1-10-6-4-3-5-7(11-2)8(6)9;4*1-2-5-8-6-3-4-7-8;;/h2*3-5,9H,1-2H3;4*3,6H,2,4-5H2,1H3;;/q;;4*-1;2*+2/p-2. The average molecular weight is 917 g/mol. The number of ether oxygens (including phenoxy) is 4. The van der Waals surface area contributed by atoms with Crippen LogP contribution in [0.2, 0.25) is 0 Å². The van der Waals surface area contributed by atoms with Crippen molar-refractivity contribution < 1.29 is 81.6 Å². The SMILES string of the molecule is CCCC1=[C-]CC=C1.CCCC1=[C-]CC=C1.CCCC1=[C-]CC=C1.CCCC1=[C-]CC=C1.COc1cccc(OC)c1[O-].COc1cccc(OC)c1[O-].[Zr+2].[Zr+2]. The maximum Gasteiger partial charge on any atom is 2.00 e. The molecule has 8 heteroatoms. The Labute approximate surface area is 378 Å². The van der Waals surface area contributed by atoms with E-state index in [1.807, 2.05) is 0 Å². The fourth-order valence-electron chi connectivity index (χ4n) is 5.20. The van der Waals surface area contributed by atoms with Gasteiger partial charge >= 0.3 is 52.4 Å². The first-order valence-corrected chi connectivity index (χ1v) is 19.1. The third-order valence-corrected chi connectivity index (χ3v) is 7.91. The van der Waals surface area contributed by atoms with Crippen LogP contribution in [0.3, 0.4) is 0 Å². The minimum absolute atomic E-state index is 0. The van der Waals surface area contributed by atoms with Crippen molar-refractivity contribution in [2.45, 2.75) is 105 Å². The molecule has 0 fully saturated rings. The molecule has 300 valence electrons. The third kappa shape index (κ3) is 23.9. The Morgan fingerprint density at radius 3 is 0.786 bits per heavy atom. The molecule has 0 aromatic heterocycles. The molecule has 0 saturated heterocycles. The molecule has 2 aromatic rings. The Morgan fingerprint density at radius 2 is 0.643 bits per heavy atom. The van der Waals surface area contributed by atoms with Gasteiger partial charge in [-0.05, 0) is 35.8 Å². The Bertz CT molecular complexity index is 1350. The minimum atomic E-state index is -0.211. The van der Waals surface area contributed by atoms with Crippen LogP contribution in [0, 0.1) is 24.3 Å². The molecule has 0 radical (unpaired) electrons. The van der Waals surface area contributed by atoms with Gasteiger partial charge in [-0.3, -0.25) is 24.3 Å². The zero-order valence-corrected chi connectivity index (χ0v) is 39.9. The maximum absolute atomic E-state index is 11.2. The van der Waals surface area contributed by atoms with Gasteiger partial charge in [-0.15, -0.1) is 25.7 Å². The van der Waals surface area contributed by atoms with Crippen LogP contribution in [-0.2, 0) is 52.4 Å². The first-order valence-electron chi connectivity index (χ1n) is 19.1. The van der Waals surface area contributed by atoms with E-state index in [4.69, 9.17) is 18.9 Å². The number of para-hydroxylation sites is 2. The molecular weight excluding hydrogens is 855 g/mol. The van der Waals surface area contributed by atoms with Crippen molar-refractivity contribution in [3.8, 4) is 34.5 Å².